The Hall–Kier alpha value is -2.03. The molecule has 0 radical (unpaired) electrons. The second kappa shape index (κ2) is 5.89. The Morgan fingerprint density at radius 1 is 1.12 bits per heavy atom. The molecular weight excluding hydrogens is 212 g/mol. The fourth-order valence-electron chi connectivity index (χ4n) is 1.53. The van der Waals surface area contributed by atoms with Gasteiger partial charge in [-0.05, 0) is 30.7 Å². The number of aromatic nitrogens is 1. The lowest BCUT2D eigenvalue weighted by molar-refractivity contribution is 0.330. The fourth-order valence-corrected chi connectivity index (χ4v) is 1.53. The molecule has 2 rings (SSSR count). The summed E-state index contributed by atoms with van der Waals surface area (Å²) in [4.78, 5) is 4.17. The van der Waals surface area contributed by atoms with Crippen LogP contribution >= 0.6 is 0 Å². The number of hydrogen-bond acceptors (Lipinski definition) is 3. The first-order valence-corrected chi connectivity index (χ1v) is 5.69. The summed E-state index contributed by atoms with van der Waals surface area (Å²) < 4.78 is 5.67. The predicted octanol–water partition coefficient (Wildman–Crippen LogP) is 2.88. The molecule has 0 unspecified atom stereocenters. The van der Waals surface area contributed by atoms with Crippen molar-refractivity contribution in [1.82, 2.24) is 4.98 Å². The molecule has 0 saturated carbocycles. The number of anilines is 1. The van der Waals surface area contributed by atoms with Gasteiger partial charge in [0.05, 0.1) is 6.54 Å². The van der Waals surface area contributed by atoms with Crippen LogP contribution in [0.3, 0.4) is 0 Å². The Bertz CT molecular complexity index is 457. The molecular formula is C14H16N2O. The zero-order valence-electron chi connectivity index (χ0n) is 9.89. The van der Waals surface area contributed by atoms with Gasteiger partial charge in [-0.15, -0.1) is 0 Å². The molecule has 0 aliphatic heterocycles. The number of para-hydroxylation sites is 1. The van der Waals surface area contributed by atoms with E-state index >= 15 is 0 Å². The lowest BCUT2D eigenvalue weighted by atomic mass is 10.2. The summed E-state index contributed by atoms with van der Waals surface area (Å²) >= 11 is 0. The van der Waals surface area contributed by atoms with E-state index in [4.69, 9.17) is 4.74 Å². The number of nitrogens with zero attached hydrogens (tertiary/aromatic N) is 1. The molecule has 2 aromatic rings. The van der Waals surface area contributed by atoms with Crippen LogP contribution in [0.1, 0.15) is 5.56 Å². The zero-order valence-corrected chi connectivity index (χ0v) is 9.89. The van der Waals surface area contributed by atoms with E-state index in [1.165, 1.54) is 0 Å². The molecule has 0 saturated heterocycles. The summed E-state index contributed by atoms with van der Waals surface area (Å²) in [6.45, 7) is 3.41. The molecule has 88 valence electrons. The smallest absolute Gasteiger partial charge is 0.125 e. The Balaban J connectivity index is 1.76. The summed E-state index contributed by atoms with van der Waals surface area (Å²) in [6.07, 6.45) is 1.77. The van der Waals surface area contributed by atoms with E-state index in [-0.39, 0.29) is 0 Å². The average molecular weight is 228 g/mol. The SMILES string of the molecule is Cc1ccccc1OCCNc1ccccn1. The summed E-state index contributed by atoms with van der Waals surface area (Å²) in [5, 5.41) is 3.20. The van der Waals surface area contributed by atoms with Gasteiger partial charge in [0.2, 0.25) is 0 Å². The monoisotopic (exact) mass is 228 g/mol. The van der Waals surface area contributed by atoms with Crippen molar-refractivity contribution in [2.45, 2.75) is 6.92 Å². The maximum absolute atomic E-state index is 5.67. The van der Waals surface area contributed by atoms with Crippen molar-refractivity contribution in [3.05, 3.63) is 54.2 Å². The molecule has 1 aromatic heterocycles. The molecule has 17 heavy (non-hydrogen) atoms. The number of aryl methyl sites for hydroxylation is 1. The predicted molar refractivity (Wildman–Crippen MR) is 69.4 cm³/mol. The van der Waals surface area contributed by atoms with Gasteiger partial charge in [0.15, 0.2) is 0 Å². The summed E-state index contributed by atoms with van der Waals surface area (Å²) in [7, 11) is 0. The van der Waals surface area contributed by atoms with E-state index < -0.39 is 0 Å². The molecule has 3 nitrogen and oxygen atoms in total. The third-order valence-electron chi connectivity index (χ3n) is 2.42. The minimum absolute atomic E-state index is 0.626. The van der Waals surface area contributed by atoms with Crippen molar-refractivity contribution in [2.24, 2.45) is 0 Å². The van der Waals surface area contributed by atoms with E-state index in [9.17, 15) is 0 Å². The van der Waals surface area contributed by atoms with E-state index in [1.807, 2.05) is 49.4 Å². The molecule has 0 atom stereocenters. The maximum atomic E-state index is 5.67. The molecule has 0 spiro atoms. The average Bonchev–Trinajstić information content (AvgIpc) is 2.38. The minimum atomic E-state index is 0.626. The zero-order chi connectivity index (χ0) is 11.9. The second-order valence-corrected chi connectivity index (χ2v) is 3.76. The molecule has 0 fully saturated rings. The van der Waals surface area contributed by atoms with Gasteiger partial charge in [0.1, 0.15) is 18.2 Å². The van der Waals surface area contributed by atoms with Crippen molar-refractivity contribution in [1.29, 1.82) is 0 Å². The molecule has 0 bridgehead atoms. The van der Waals surface area contributed by atoms with Gasteiger partial charge in [-0.25, -0.2) is 4.98 Å². The van der Waals surface area contributed by atoms with Crippen LogP contribution in [-0.4, -0.2) is 18.1 Å². The highest BCUT2D eigenvalue weighted by molar-refractivity contribution is 5.33. The van der Waals surface area contributed by atoms with Gasteiger partial charge >= 0.3 is 0 Å². The fraction of sp³-hybridized carbons (Fsp3) is 0.214. The number of benzene rings is 1. The third kappa shape index (κ3) is 3.48. The first-order valence-electron chi connectivity index (χ1n) is 5.69. The van der Waals surface area contributed by atoms with E-state index in [0.717, 1.165) is 23.7 Å². The first-order chi connectivity index (χ1) is 8.36. The van der Waals surface area contributed by atoms with Crippen LogP contribution in [0, 0.1) is 6.92 Å². The second-order valence-electron chi connectivity index (χ2n) is 3.76. The van der Waals surface area contributed by atoms with Gasteiger partial charge in [-0.1, -0.05) is 24.3 Å². The standard InChI is InChI=1S/C14H16N2O/c1-12-6-2-3-7-13(12)17-11-10-16-14-8-4-5-9-15-14/h2-9H,10-11H2,1H3,(H,15,16). The highest BCUT2D eigenvalue weighted by Gasteiger charge is 1.97. The van der Waals surface area contributed by atoms with Crippen LogP contribution in [0.2, 0.25) is 0 Å². The quantitative estimate of drug-likeness (QED) is 0.799. The van der Waals surface area contributed by atoms with E-state index in [2.05, 4.69) is 10.3 Å². The Kier molecular flexibility index (Phi) is 3.97. The van der Waals surface area contributed by atoms with Crippen LogP contribution < -0.4 is 10.1 Å². The van der Waals surface area contributed by atoms with Crippen molar-refractivity contribution in [3.63, 3.8) is 0 Å². The van der Waals surface area contributed by atoms with Gasteiger partial charge < -0.3 is 10.1 Å². The highest BCUT2D eigenvalue weighted by Crippen LogP contribution is 2.15. The van der Waals surface area contributed by atoms with Gasteiger partial charge in [-0.3, -0.25) is 0 Å². The lowest BCUT2D eigenvalue weighted by Gasteiger charge is -2.09. The van der Waals surface area contributed by atoms with Gasteiger partial charge in [0, 0.05) is 6.20 Å². The van der Waals surface area contributed by atoms with Crippen LogP contribution in [-0.2, 0) is 0 Å². The lowest BCUT2D eigenvalue weighted by Crippen LogP contribution is -2.12. The van der Waals surface area contributed by atoms with Crippen molar-refractivity contribution < 1.29 is 4.74 Å². The summed E-state index contributed by atoms with van der Waals surface area (Å²) in [5.41, 5.74) is 1.16. The summed E-state index contributed by atoms with van der Waals surface area (Å²) in [5.74, 6) is 1.82. The van der Waals surface area contributed by atoms with Crippen LogP contribution in [0.4, 0.5) is 5.82 Å². The number of nitrogens with one attached hydrogen (secondary N) is 1. The van der Waals surface area contributed by atoms with Gasteiger partial charge in [-0.2, -0.15) is 0 Å². The number of pyridine rings is 1. The van der Waals surface area contributed by atoms with E-state index in [1.54, 1.807) is 6.20 Å². The molecule has 1 N–H and O–H groups in total. The van der Waals surface area contributed by atoms with E-state index in [0.29, 0.717) is 6.61 Å². The maximum Gasteiger partial charge on any atom is 0.125 e. The first kappa shape index (κ1) is 11.5. The van der Waals surface area contributed by atoms with Crippen molar-refractivity contribution in [3.8, 4) is 5.75 Å². The molecule has 3 heteroatoms. The Morgan fingerprint density at radius 2 is 1.94 bits per heavy atom. The number of hydrogen-bond donors (Lipinski definition) is 1. The van der Waals surface area contributed by atoms with Crippen LogP contribution in [0.25, 0.3) is 0 Å². The Morgan fingerprint density at radius 3 is 2.71 bits per heavy atom. The highest BCUT2D eigenvalue weighted by atomic mass is 16.5. The molecule has 0 aliphatic carbocycles. The number of rotatable bonds is 5. The molecule has 0 aliphatic rings. The topological polar surface area (TPSA) is 34.1 Å². The number of ether oxygens (including phenoxy) is 1. The molecule has 0 amide bonds. The van der Waals surface area contributed by atoms with Crippen molar-refractivity contribution in [2.75, 3.05) is 18.5 Å². The van der Waals surface area contributed by atoms with Crippen LogP contribution in [0.15, 0.2) is 48.7 Å². The minimum Gasteiger partial charge on any atom is -0.491 e. The van der Waals surface area contributed by atoms with Gasteiger partial charge in [0.25, 0.3) is 0 Å². The largest absolute Gasteiger partial charge is 0.491 e. The Labute approximate surface area is 101 Å². The molecule has 1 aromatic carbocycles. The van der Waals surface area contributed by atoms with Crippen molar-refractivity contribution >= 4 is 5.82 Å². The van der Waals surface area contributed by atoms with Crippen LogP contribution in [0.5, 0.6) is 5.75 Å². The summed E-state index contributed by atoms with van der Waals surface area (Å²) in [6, 6.07) is 13.8. The molecule has 1 heterocycles. The third-order valence-corrected chi connectivity index (χ3v) is 2.42. The normalized spacial score (nSPS) is 9.94.